The number of alkyl halides is 1. The van der Waals surface area contributed by atoms with Crippen LogP contribution in [0.4, 0.5) is 0 Å². The second-order valence-corrected chi connectivity index (χ2v) is 6.45. The number of hydrogen-bond donors (Lipinski definition) is 0. The molecule has 0 heterocycles. The van der Waals surface area contributed by atoms with E-state index in [4.69, 9.17) is 21.1 Å². The van der Waals surface area contributed by atoms with Crippen LogP contribution < -0.4 is 4.74 Å². The lowest BCUT2D eigenvalue weighted by molar-refractivity contribution is 0.146. The van der Waals surface area contributed by atoms with E-state index in [1.165, 1.54) is 12.8 Å². The Labute approximate surface area is 128 Å². The quantitative estimate of drug-likeness (QED) is 0.521. The van der Waals surface area contributed by atoms with Crippen molar-refractivity contribution in [1.82, 2.24) is 0 Å². The van der Waals surface area contributed by atoms with E-state index in [9.17, 15) is 0 Å². The Bertz CT molecular complexity index is 421. The maximum atomic E-state index is 6.56. The SMILES string of the molecule is COCCOc1ccc(C(Cl)C(C)C2CC2)cc1Br. The van der Waals surface area contributed by atoms with E-state index >= 15 is 0 Å². The number of benzene rings is 1. The Kier molecular flexibility index (Phi) is 5.55. The van der Waals surface area contributed by atoms with Crippen LogP contribution in [-0.2, 0) is 4.74 Å². The first-order valence-corrected chi connectivity index (χ1v) is 7.91. The van der Waals surface area contributed by atoms with Crippen molar-refractivity contribution in [2.75, 3.05) is 20.3 Å². The molecule has 0 radical (unpaired) electrons. The summed E-state index contributed by atoms with van der Waals surface area (Å²) in [5, 5.41) is 0.0804. The zero-order valence-corrected chi connectivity index (χ0v) is 13.7. The van der Waals surface area contributed by atoms with Crippen LogP contribution in [-0.4, -0.2) is 20.3 Å². The molecule has 1 aromatic rings. The van der Waals surface area contributed by atoms with Crippen molar-refractivity contribution in [3.63, 3.8) is 0 Å². The molecule has 0 saturated heterocycles. The molecule has 4 heteroatoms. The number of methoxy groups -OCH3 is 1. The summed E-state index contributed by atoms with van der Waals surface area (Å²) >= 11 is 10.1. The molecule has 106 valence electrons. The lowest BCUT2D eigenvalue weighted by atomic mass is 9.96. The van der Waals surface area contributed by atoms with Crippen LogP contribution in [0, 0.1) is 11.8 Å². The maximum Gasteiger partial charge on any atom is 0.133 e. The Morgan fingerprint density at radius 1 is 1.37 bits per heavy atom. The summed E-state index contributed by atoms with van der Waals surface area (Å²) in [6.45, 7) is 3.38. The third kappa shape index (κ3) is 4.11. The standard InChI is InChI=1S/C15H20BrClO2/c1-10(11-3-4-11)15(17)12-5-6-14(13(16)9-12)19-8-7-18-2/h5-6,9-11,15H,3-4,7-8H2,1-2H3. The Morgan fingerprint density at radius 2 is 2.11 bits per heavy atom. The summed E-state index contributed by atoms with van der Waals surface area (Å²) in [7, 11) is 1.67. The van der Waals surface area contributed by atoms with Crippen molar-refractivity contribution in [3.05, 3.63) is 28.2 Å². The summed E-state index contributed by atoms with van der Waals surface area (Å²) in [5.41, 5.74) is 1.16. The molecule has 2 unspecified atom stereocenters. The number of halogens is 2. The van der Waals surface area contributed by atoms with Gasteiger partial charge in [-0.15, -0.1) is 11.6 Å². The topological polar surface area (TPSA) is 18.5 Å². The van der Waals surface area contributed by atoms with Gasteiger partial charge in [0.2, 0.25) is 0 Å². The van der Waals surface area contributed by atoms with Crippen LogP contribution in [0.5, 0.6) is 5.75 Å². The van der Waals surface area contributed by atoms with E-state index in [0.29, 0.717) is 19.1 Å². The molecule has 2 atom stereocenters. The minimum Gasteiger partial charge on any atom is -0.490 e. The summed E-state index contributed by atoms with van der Waals surface area (Å²) < 4.78 is 11.5. The summed E-state index contributed by atoms with van der Waals surface area (Å²) in [6, 6.07) is 6.10. The predicted molar refractivity (Wildman–Crippen MR) is 82.0 cm³/mol. The van der Waals surface area contributed by atoms with Crippen LogP contribution in [0.2, 0.25) is 0 Å². The van der Waals surface area contributed by atoms with E-state index < -0.39 is 0 Å². The van der Waals surface area contributed by atoms with Crippen molar-refractivity contribution in [1.29, 1.82) is 0 Å². The predicted octanol–water partition coefficient (Wildman–Crippen LogP) is 4.80. The van der Waals surface area contributed by atoms with Crippen molar-refractivity contribution in [2.45, 2.75) is 25.1 Å². The molecule has 1 aromatic carbocycles. The Balaban J connectivity index is 2.00. The smallest absolute Gasteiger partial charge is 0.133 e. The van der Waals surface area contributed by atoms with Crippen molar-refractivity contribution < 1.29 is 9.47 Å². The maximum absolute atomic E-state index is 6.56. The van der Waals surface area contributed by atoms with Gasteiger partial charge in [0.15, 0.2) is 0 Å². The molecule has 0 N–H and O–H groups in total. The lowest BCUT2D eigenvalue weighted by Crippen LogP contribution is -2.07. The number of rotatable bonds is 7. The molecule has 2 nitrogen and oxygen atoms in total. The fourth-order valence-corrected chi connectivity index (χ4v) is 3.06. The van der Waals surface area contributed by atoms with Gasteiger partial charge >= 0.3 is 0 Å². The molecular formula is C15H20BrClO2. The molecule has 0 spiro atoms. The second kappa shape index (κ2) is 6.96. The van der Waals surface area contributed by atoms with E-state index in [-0.39, 0.29) is 5.38 Å². The van der Waals surface area contributed by atoms with Gasteiger partial charge in [-0.3, -0.25) is 0 Å². The van der Waals surface area contributed by atoms with Crippen LogP contribution in [0.1, 0.15) is 30.7 Å². The first-order chi connectivity index (χ1) is 9.13. The minimum atomic E-state index is 0.0804. The van der Waals surface area contributed by atoms with E-state index in [2.05, 4.69) is 35.0 Å². The van der Waals surface area contributed by atoms with Gasteiger partial charge in [-0.2, -0.15) is 0 Å². The van der Waals surface area contributed by atoms with Gasteiger partial charge in [-0.05, 0) is 58.3 Å². The number of hydrogen-bond acceptors (Lipinski definition) is 2. The molecule has 1 aliphatic rings. The first-order valence-electron chi connectivity index (χ1n) is 6.68. The average molecular weight is 348 g/mol. The van der Waals surface area contributed by atoms with Gasteiger partial charge in [-0.1, -0.05) is 13.0 Å². The molecule has 0 aliphatic heterocycles. The average Bonchev–Trinajstić information content (AvgIpc) is 3.23. The number of ether oxygens (including phenoxy) is 2. The highest BCUT2D eigenvalue weighted by Crippen LogP contribution is 2.46. The van der Waals surface area contributed by atoms with Gasteiger partial charge < -0.3 is 9.47 Å². The Hall–Kier alpha value is -0.250. The molecule has 1 aliphatic carbocycles. The van der Waals surface area contributed by atoms with E-state index in [1.54, 1.807) is 7.11 Å². The van der Waals surface area contributed by atoms with Gasteiger partial charge in [0, 0.05) is 7.11 Å². The van der Waals surface area contributed by atoms with Gasteiger partial charge in [0.1, 0.15) is 12.4 Å². The van der Waals surface area contributed by atoms with Crippen LogP contribution in [0.3, 0.4) is 0 Å². The zero-order chi connectivity index (χ0) is 13.8. The largest absolute Gasteiger partial charge is 0.490 e. The highest BCUT2D eigenvalue weighted by Gasteiger charge is 2.33. The molecular weight excluding hydrogens is 328 g/mol. The fourth-order valence-electron chi connectivity index (χ4n) is 2.21. The fraction of sp³-hybridized carbons (Fsp3) is 0.600. The molecule has 1 saturated carbocycles. The third-order valence-corrected chi connectivity index (χ3v) is 4.92. The molecule has 0 amide bonds. The summed E-state index contributed by atoms with van der Waals surface area (Å²) in [4.78, 5) is 0. The normalized spacial score (nSPS) is 18.1. The van der Waals surface area contributed by atoms with E-state index in [1.807, 2.05) is 6.07 Å². The van der Waals surface area contributed by atoms with Crippen LogP contribution >= 0.6 is 27.5 Å². The monoisotopic (exact) mass is 346 g/mol. The molecule has 0 bridgehead atoms. The summed E-state index contributed by atoms with van der Waals surface area (Å²) in [5.74, 6) is 2.18. The first kappa shape index (κ1) is 15.1. The third-order valence-electron chi connectivity index (χ3n) is 3.65. The molecule has 0 aromatic heterocycles. The van der Waals surface area contributed by atoms with Gasteiger partial charge in [0.05, 0.1) is 16.5 Å². The molecule has 1 fully saturated rings. The highest BCUT2D eigenvalue weighted by molar-refractivity contribution is 9.10. The van der Waals surface area contributed by atoms with Crippen LogP contribution in [0.25, 0.3) is 0 Å². The molecule has 19 heavy (non-hydrogen) atoms. The van der Waals surface area contributed by atoms with Crippen molar-refractivity contribution in [2.24, 2.45) is 11.8 Å². The van der Waals surface area contributed by atoms with Crippen LogP contribution in [0.15, 0.2) is 22.7 Å². The van der Waals surface area contributed by atoms with E-state index in [0.717, 1.165) is 21.7 Å². The van der Waals surface area contributed by atoms with Crippen molar-refractivity contribution in [3.8, 4) is 5.75 Å². The highest BCUT2D eigenvalue weighted by atomic mass is 79.9. The second-order valence-electron chi connectivity index (χ2n) is 5.13. The van der Waals surface area contributed by atoms with Crippen molar-refractivity contribution >= 4 is 27.5 Å². The molecule has 2 rings (SSSR count). The summed E-state index contributed by atoms with van der Waals surface area (Å²) in [6.07, 6.45) is 2.65. The Morgan fingerprint density at radius 3 is 2.68 bits per heavy atom. The zero-order valence-electron chi connectivity index (χ0n) is 11.4. The minimum absolute atomic E-state index is 0.0804. The lowest BCUT2D eigenvalue weighted by Gasteiger charge is -2.19. The van der Waals surface area contributed by atoms with Gasteiger partial charge in [-0.25, -0.2) is 0 Å². The van der Waals surface area contributed by atoms with Gasteiger partial charge in [0.25, 0.3) is 0 Å².